The number of benzene rings is 2. The first-order chi connectivity index (χ1) is 20.9. The van der Waals surface area contributed by atoms with Crippen LogP contribution in [0.5, 0.6) is 11.5 Å². The summed E-state index contributed by atoms with van der Waals surface area (Å²) in [5.41, 5.74) is 1.59. The third kappa shape index (κ3) is 5.67. The number of oxime groups is 1. The van der Waals surface area contributed by atoms with Crippen molar-refractivity contribution >= 4 is 17.5 Å². The zero-order valence-electron chi connectivity index (χ0n) is 24.3. The van der Waals surface area contributed by atoms with Crippen LogP contribution in [-0.4, -0.2) is 77.3 Å². The second-order valence-corrected chi connectivity index (χ2v) is 11.6. The van der Waals surface area contributed by atoms with Crippen LogP contribution < -0.4 is 9.47 Å². The largest absolute Gasteiger partial charge is 0.497 e. The first-order valence-corrected chi connectivity index (χ1v) is 15.0. The highest BCUT2D eigenvalue weighted by Crippen LogP contribution is 2.49. The molecule has 43 heavy (non-hydrogen) atoms. The van der Waals surface area contributed by atoms with Crippen molar-refractivity contribution in [2.24, 2.45) is 28.8 Å². The number of carbonyl (C=O) groups is 2. The molecule has 2 aliphatic carbocycles. The van der Waals surface area contributed by atoms with Crippen molar-refractivity contribution in [1.82, 2.24) is 4.90 Å². The predicted molar refractivity (Wildman–Crippen MR) is 156 cm³/mol. The van der Waals surface area contributed by atoms with Crippen LogP contribution in [0.15, 0.2) is 71.9 Å². The molecule has 10 nitrogen and oxygen atoms in total. The van der Waals surface area contributed by atoms with Crippen LogP contribution in [0, 0.1) is 23.7 Å². The van der Waals surface area contributed by atoms with E-state index in [1.807, 2.05) is 66.7 Å². The molecule has 6 rings (SSSR count). The minimum atomic E-state index is -1.12. The molecule has 0 unspecified atom stereocenters. The van der Waals surface area contributed by atoms with Crippen LogP contribution in [0.1, 0.15) is 37.9 Å². The van der Waals surface area contributed by atoms with Crippen molar-refractivity contribution in [2.45, 2.75) is 56.7 Å². The summed E-state index contributed by atoms with van der Waals surface area (Å²) in [5, 5.41) is 26.2. The number of amides is 2. The lowest BCUT2D eigenvalue weighted by Crippen LogP contribution is -2.54. The Morgan fingerprint density at radius 3 is 2.40 bits per heavy atom. The molecule has 228 valence electrons. The summed E-state index contributed by atoms with van der Waals surface area (Å²) < 4.78 is 17.9. The minimum absolute atomic E-state index is 0.0705. The molecule has 4 aliphatic rings. The van der Waals surface area contributed by atoms with Crippen molar-refractivity contribution in [2.75, 3.05) is 20.3 Å². The summed E-state index contributed by atoms with van der Waals surface area (Å²) in [7, 11) is 1.61. The molecule has 3 fully saturated rings. The number of aliphatic hydroxyl groups excluding tert-OH is 2. The maximum atomic E-state index is 13.2. The lowest BCUT2D eigenvalue weighted by Gasteiger charge is -2.45. The number of fused-ring (bicyclic) bond motifs is 3. The third-order valence-electron chi connectivity index (χ3n) is 9.23. The van der Waals surface area contributed by atoms with Gasteiger partial charge < -0.3 is 29.3 Å². The van der Waals surface area contributed by atoms with Crippen molar-refractivity contribution in [1.29, 1.82) is 0 Å². The molecule has 1 saturated heterocycles. The quantitative estimate of drug-likeness (QED) is 0.273. The summed E-state index contributed by atoms with van der Waals surface area (Å²) in [5.74, 6) is -1.09. The van der Waals surface area contributed by atoms with Gasteiger partial charge in [-0.25, -0.2) is 0 Å². The van der Waals surface area contributed by atoms with Gasteiger partial charge in [0.25, 0.3) is 0 Å². The van der Waals surface area contributed by atoms with Crippen molar-refractivity contribution in [3.05, 3.63) is 72.3 Å². The molecule has 2 amide bonds. The number of carbonyl (C=O) groups excluding carboxylic acids is 2. The number of likely N-dealkylation sites (tertiary alicyclic amines) is 1. The van der Waals surface area contributed by atoms with Gasteiger partial charge >= 0.3 is 0 Å². The van der Waals surface area contributed by atoms with Crippen LogP contribution in [0.4, 0.5) is 0 Å². The van der Waals surface area contributed by atoms with Crippen LogP contribution in [0.2, 0.25) is 0 Å². The number of methoxy groups -OCH3 is 1. The average molecular weight is 591 g/mol. The lowest BCUT2D eigenvalue weighted by molar-refractivity contribution is -0.141. The second-order valence-electron chi connectivity index (χ2n) is 11.6. The number of hydrogen-bond donors (Lipinski definition) is 2. The van der Waals surface area contributed by atoms with E-state index in [-0.39, 0.29) is 36.9 Å². The van der Waals surface area contributed by atoms with E-state index in [4.69, 9.17) is 19.0 Å². The van der Waals surface area contributed by atoms with Gasteiger partial charge in [0.05, 0.1) is 36.9 Å². The van der Waals surface area contributed by atoms with E-state index < -0.39 is 42.2 Å². The molecule has 2 heterocycles. The smallest absolute Gasteiger partial charge is 0.233 e. The van der Waals surface area contributed by atoms with Gasteiger partial charge in [0.15, 0.2) is 0 Å². The maximum Gasteiger partial charge on any atom is 0.233 e. The Balaban J connectivity index is 1.20. The molecule has 2 aliphatic heterocycles. The monoisotopic (exact) mass is 590 g/mol. The van der Waals surface area contributed by atoms with E-state index in [9.17, 15) is 19.8 Å². The van der Waals surface area contributed by atoms with Gasteiger partial charge in [-0.3, -0.25) is 14.5 Å². The standard InChI is InChI=1S/C33H38N2O8/c1-3-35-32(38)23-14-13-22-24(17-25(36)31(37)29(22)30(23)33(35)39)34-41-18-28-27(42-21-11-9-20(40-2)10-12-21)16-15-26(43-28)19-7-5-4-6-8-19/h4-12,15-16,22-23,25-31,36-37H,3,13-14,17-18H2,1-2H3/t22-,23+,25+,26-,27+,28+,29-,30-,31+/m0/s1. The highest BCUT2D eigenvalue weighted by Gasteiger charge is 2.59. The molecule has 2 aromatic rings. The Kier molecular flexibility index (Phi) is 8.52. The summed E-state index contributed by atoms with van der Waals surface area (Å²) in [6, 6.07) is 17.2. The van der Waals surface area contributed by atoms with E-state index in [1.54, 1.807) is 14.0 Å². The zero-order valence-corrected chi connectivity index (χ0v) is 24.3. The molecule has 0 bridgehead atoms. The fourth-order valence-electron chi connectivity index (χ4n) is 7.08. The van der Waals surface area contributed by atoms with Gasteiger partial charge in [-0.2, -0.15) is 0 Å². The van der Waals surface area contributed by atoms with Crippen molar-refractivity contribution < 1.29 is 38.9 Å². The number of ether oxygens (including phenoxy) is 3. The van der Waals surface area contributed by atoms with Crippen molar-refractivity contribution in [3.63, 3.8) is 0 Å². The number of hydrogen-bond acceptors (Lipinski definition) is 9. The Morgan fingerprint density at radius 2 is 1.67 bits per heavy atom. The molecule has 2 saturated carbocycles. The van der Waals surface area contributed by atoms with Gasteiger partial charge in [0, 0.05) is 24.8 Å². The Bertz CT molecular complexity index is 1360. The average Bonchev–Trinajstić information content (AvgIpc) is 3.29. The molecular weight excluding hydrogens is 552 g/mol. The number of rotatable bonds is 8. The predicted octanol–water partition coefficient (Wildman–Crippen LogP) is 3.28. The molecule has 10 heteroatoms. The first kappa shape index (κ1) is 29.3. The van der Waals surface area contributed by atoms with E-state index in [0.29, 0.717) is 30.8 Å². The summed E-state index contributed by atoms with van der Waals surface area (Å²) in [4.78, 5) is 33.2. The highest BCUT2D eigenvalue weighted by atomic mass is 16.6. The zero-order chi connectivity index (χ0) is 30.1. The highest BCUT2D eigenvalue weighted by molar-refractivity contribution is 6.06. The normalized spacial score (nSPS) is 34.6. The minimum Gasteiger partial charge on any atom is -0.497 e. The number of nitrogens with zero attached hydrogens (tertiary/aromatic N) is 2. The van der Waals surface area contributed by atoms with Crippen LogP contribution in [-0.2, 0) is 19.2 Å². The van der Waals surface area contributed by atoms with E-state index in [0.717, 1.165) is 11.3 Å². The summed E-state index contributed by atoms with van der Waals surface area (Å²) in [6.07, 6.45) is 1.67. The van der Waals surface area contributed by atoms with E-state index in [1.165, 1.54) is 4.90 Å². The molecule has 0 radical (unpaired) electrons. The van der Waals surface area contributed by atoms with E-state index >= 15 is 0 Å². The Morgan fingerprint density at radius 1 is 0.953 bits per heavy atom. The molecular formula is C33H38N2O8. The Labute approximate surface area is 250 Å². The number of aliphatic hydroxyl groups is 2. The fraction of sp³-hybridized carbons (Fsp3) is 0.485. The van der Waals surface area contributed by atoms with Crippen LogP contribution in [0.25, 0.3) is 0 Å². The second kappa shape index (κ2) is 12.5. The summed E-state index contributed by atoms with van der Waals surface area (Å²) >= 11 is 0. The molecule has 0 aromatic heterocycles. The summed E-state index contributed by atoms with van der Waals surface area (Å²) in [6.45, 7) is 2.14. The van der Waals surface area contributed by atoms with Gasteiger partial charge in [-0.15, -0.1) is 0 Å². The molecule has 0 spiro atoms. The fourth-order valence-corrected chi connectivity index (χ4v) is 7.08. The first-order valence-electron chi connectivity index (χ1n) is 15.0. The maximum absolute atomic E-state index is 13.2. The van der Waals surface area contributed by atoms with Gasteiger partial charge in [-0.05, 0) is 55.7 Å². The third-order valence-corrected chi connectivity index (χ3v) is 9.23. The van der Waals surface area contributed by atoms with Crippen LogP contribution >= 0.6 is 0 Å². The molecule has 2 aromatic carbocycles. The lowest BCUT2D eigenvalue weighted by atomic mass is 9.60. The number of imide groups is 1. The van der Waals surface area contributed by atoms with Gasteiger partial charge in [0.2, 0.25) is 11.8 Å². The molecule has 9 atom stereocenters. The topological polar surface area (TPSA) is 127 Å². The van der Waals surface area contributed by atoms with Crippen LogP contribution in [0.3, 0.4) is 0 Å². The van der Waals surface area contributed by atoms with Crippen molar-refractivity contribution in [3.8, 4) is 11.5 Å². The van der Waals surface area contributed by atoms with E-state index in [2.05, 4.69) is 5.16 Å². The Hall–Kier alpha value is -3.73. The van der Waals surface area contributed by atoms with Gasteiger partial charge in [0.1, 0.15) is 36.4 Å². The molecule has 2 N–H and O–H groups in total. The van der Waals surface area contributed by atoms with Gasteiger partial charge in [-0.1, -0.05) is 41.6 Å². The SMILES string of the molecule is CCN1C(=O)[C@@H]2[C@H]3[C@H](O)[C@H](O)CC(=NOC[C@H]4O[C@H](c5ccccc5)C=C[C@H]4Oc4ccc(OC)cc4)[C@@H]3CC[C@H]2C1=O.